The largest absolute Gasteiger partial charge is 1.00 e. The minimum atomic E-state index is -0.847. The van der Waals surface area contributed by atoms with Crippen molar-refractivity contribution in [3.05, 3.63) is 505 Å². The maximum absolute atomic E-state index is 7.30. The SMILES string of the molecule is [Ag+].[Ag+].[Ag+].[Ag+].[C-]#Cc1ccc2c(c1)-c1ccccc1C2.[C-]#Cc1ccc2c(c1)Cc1ccccc1-2.[C-]#Cc1cccc2c1-c1ccccc1C2.[C-]#Cc1cccc2c1-c1ccccc1C2.c1ccc([PH+](C[PH+](c2ccccc2)c2ccccc2)c2ccccc2)cc1.c1ccc([PH+](C[PH+](c2ccccc2)c2ccccc2)c2ccccc2)cc1. The summed E-state index contributed by atoms with van der Waals surface area (Å²) >= 11 is 0. The van der Waals surface area contributed by atoms with Crippen LogP contribution in [0.2, 0.25) is 0 Å². The van der Waals surface area contributed by atoms with Gasteiger partial charge >= 0.3 is 89.5 Å². The molecule has 0 radical (unpaired) electrons. The molecule has 0 atom stereocenters. The van der Waals surface area contributed by atoms with Crippen LogP contribution in [0.4, 0.5) is 0 Å². The van der Waals surface area contributed by atoms with E-state index in [2.05, 4.69) is 394 Å². The van der Waals surface area contributed by atoms with E-state index in [1.54, 1.807) is 0 Å². The van der Waals surface area contributed by atoms with Gasteiger partial charge in [-0.1, -0.05) is 307 Å². The van der Waals surface area contributed by atoms with Crippen LogP contribution in [-0.2, 0) is 115 Å². The van der Waals surface area contributed by atoms with Gasteiger partial charge in [0.05, 0.1) is 0 Å². The Kier molecular flexibility index (Phi) is 34.0. The summed E-state index contributed by atoms with van der Waals surface area (Å²) in [5, 5.41) is 12.0. The first-order valence-electron chi connectivity index (χ1n) is 38.8. The molecule has 16 aromatic rings. The molecule has 4 aliphatic carbocycles. The van der Waals surface area contributed by atoms with E-state index >= 15 is 0 Å². The molecule has 0 spiro atoms. The first-order chi connectivity index (χ1) is 56.4. The van der Waals surface area contributed by atoms with E-state index in [1.165, 1.54) is 143 Å². The average molecular weight is 1960 g/mol. The third kappa shape index (κ3) is 21.9. The first-order valence-corrected chi connectivity index (χ1v) is 45.6. The van der Waals surface area contributed by atoms with Gasteiger partial charge in [-0.2, -0.15) is 0 Å². The van der Waals surface area contributed by atoms with Crippen LogP contribution in [0.15, 0.2) is 413 Å². The summed E-state index contributed by atoms with van der Waals surface area (Å²) in [6.45, 7) is 0. The van der Waals surface area contributed by atoms with E-state index in [0.29, 0.717) is 0 Å². The van der Waals surface area contributed by atoms with Crippen molar-refractivity contribution in [3.63, 3.8) is 0 Å². The van der Waals surface area contributed by atoms with Crippen molar-refractivity contribution in [2.24, 2.45) is 0 Å². The van der Waals surface area contributed by atoms with Gasteiger partial charge in [-0.3, -0.25) is 23.7 Å². The predicted molar refractivity (Wildman–Crippen MR) is 495 cm³/mol. The molecule has 0 nitrogen and oxygen atoms in total. The smallest absolute Gasteiger partial charge is 0.366 e. The van der Waals surface area contributed by atoms with Crippen molar-refractivity contribution in [2.45, 2.75) is 25.7 Å². The average Bonchev–Trinajstić information content (AvgIpc) is 1.64. The maximum atomic E-state index is 7.30. The zero-order valence-corrected chi connectivity index (χ0v) is 74.6. The van der Waals surface area contributed by atoms with Crippen molar-refractivity contribution < 1.29 is 89.5 Å². The van der Waals surface area contributed by atoms with Crippen LogP contribution in [0.25, 0.3) is 44.5 Å². The fraction of sp³-hybridized carbons (Fsp3) is 0.0545. The van der Waals surface area contributed by atoms with E-state index in [0.717, 1.165) is 47.9 Å². The summed E-state index contributed by atoms with van der Waals surface area (Å²) in [7, 11) is -3.39. The molecule has 0 saturated carbocycles. The van der Waals surface area contributed by atoms with Crippen LogP contribution in [0, 0.1) is 49.4 Å². The number of rotatable bonds is 12. The summed E-state index contributed by atoms with van der Waals surface area (Å²) in [6.07, 6.45) is 32.8. The van der Waals surface area contributed by atoms with Gasteiger partial charge in [0.1, 0.15) is 74.1 Å². The van der Waals surface area contributed by atoms with E-state index in [1.807, 2.05) is 42.5 Å². The van der Waals surface area contributed by atoms with Gasteiger partial charge in [-0.25, -0.2) is 0 Å². The summed E-state index contributed by atoms with van der Waals surface area (Å²) in [5.74, 6) is 12.4. The van der Waals surface area contributed by atoms with Crippen molar-refractivity contribution in [1.82, 2.24) is 0 Å². The Bertz CT molecular complexity index is 5530. The Balaban J connectivity index is 0.000000141. The van der Waals surface area contributed by atoms with Crippen molar-refractivity contribution in [1.29, 1.82) is 0 Å². The summed E-state index contributed by atoms with van der Waals surface area (Å²) in [4.78, 5) is 0. The molecule has 0 amide bonds. The van der Waals surface area contributed by atoms with Gasteiger partial charge in [-0.15, -0.1) is 58.7 Å². The second kappa shape index (κ2) is 45.0. The van der Waals surface area contributed by atoms with Gasteiger partial charge in [-0.05, 0) is 184 Å². The maximum Gasteiger partial charge on any atom is 1.00 e. The van der Waals surface area contributed by atoms with Gasteiger partial charge in [0.25, 0.3) is 0 Å². The molecule has 0 fully saturated rings. The zero-order chi connectivity index (χ0) is 77.6. The van der Waals surface area contributed by atoms with Crippen LogP contribution in [0.3, 0.4) is 0 Å². The van der Waals surface area contributed by atoms with Gasteiger partial charge in [0, 0.05) is 0 Å². The molecule has 4 aliphatic rings. The van der Waals surface area contributed by atoms with Gasteiger partial charge < -0.3 is 25.7 Å². The molecule has 0 N–H and O–H groups in total. The van der Waals surface area contributed by atoms with Crippen molar-refractivity contribution in [3.8, 4) is 68.2 Å². The van der Waals surface area contributed by atoms with Crippen LogP contribution < -0.4 is 42.4 Å². The Morgan fingerprint density at radius 1 is 0.186 bits per heavy atom. The summed E-state index contributed by atoms with van der Waals surface area (Å²) < 4.78 is 0. The third-order valence-corrected chi connectivity index (χ3v) is 35.4. The van der Waals surface area contributed by atoms with Crippen molar-refractivity contribution in [2.75, 3.05) is 11.8 Å². The molecule has 16 aromatic carbocycles. The quantitative estimate of drug-likeness (QED) is 0.0495. The third-order valence-electron chi connectivity index (χ3n) is 21.5. The predicted octanol–water partition coefficient (Wildman–Crippen LogP) is 22.1. The summed E-state index contributed by atoms with van der Waals surface area (Å²) in [5.41, 5.74) is 24.4. The molecule has 584 valence electrons. The molecule has 8 heteroatoms. The molecule has 0 unspecified atom stereocenters. The van der Waals surface area contributed by atoms with E-state index in [9.17, 15) is 0 Å². The molecular formula is C110H84Ag4P4+4. The normalized spacial score (nSPS) is 11.0. The Morgan fingerprint density at radius 3 is 0.729 bits per heavy atom. The van der Waals surface area contributed by atoms with Crippen LogP contribution >= 0.6 is 31.7 Å². The molecule has 0 heterocycles. The zero-order valence-electron chi connectivity index (χ0n) is 64.7. The fourth-order valence-corrected chi connectivity index (χ4v) is 31.4. The van der Waals surface area contributed by atoms with E-state index < -0.39 is 31.7 Å². The Hall–Kier alpha value is -9.56. The molecule has 0 bridgehead atoms. The second-order valence-corrected chi connectivity index (χ2v) is 39.7. The molecule has 20 rings (SSSR count). The standard InChI is InChI=1S/2C25H22P2.4C15H9.4Ag/c2*1-5-13-22(14-6-1)26(23-15-7-2-8-16-23)21-27(24-17-9-3-10-18-24)25-19-11-4-12-20-25;2*1-2-11-7-5-8-13-10-12-6-3-4-9-14(12)15(11)13;1-2-11-7-8-15-13(9-11)10-12-5-3-4-6-14(12)15;1-2-11-7-8-13-10-12-5-3-4-6-14(12)15(13)9-11;;;;/h2*1-20H,21H2;4*3-9H,10H2;;;;/q;;4*-1;4*+1/p+4. The number of hydrogen-bond acceptors (Lipinski definition) is 0. The number of hydrogen-bond donors (Lipinski definition) is 0. The number of benzene rings is 16. The van der Waals surface area contributed by atoms with Gasteiger partial charge in [0.2, 0.25) is 0 Å². The van der Waals surface area contributed by atoms with Crippen LogP contribution in [-0.4, -0.2) is 11.8 Å². The molecule has 0 aromatic heterocycles. The van der Waals surface area contributed by atoms with Gasteiger partial charge in [0.15, 0.2) is 11.8 Å². The summed E-state index contributed by atoms with van der Waals surface area (Å²) in [6, 6.07) is 147. The number of fused-ring (bicyclic) bond motifs is 12. The first kappa shape index (κ1) is 89.2. The van der Waals surface area contributed by atoms with Crippen LogP contribution in [0.5, 0.6) is 0 Å². The van der Waals surface area contributed by atoms with E-state index in [4.69, 9.17) is 25.7 Å². The molecule has 118 heavy (non-hydrogen) atoms. The minimum Gasteiger partial charge on any atom is -0.366 e. The van der Waals surface area contributed by atoms with E-state index in [-0.39, 0.29) is 89.5 Å². The second-order valence-electron chi connectivity index (χ2n) is 28.5. The molecule has 0 aliphatic heterocycles. The molecule has 0 saturated heterocycles. The fourth-order valence-electron chi connectivity index (χ4n) is 16.0. The molecular weight excluding hydrogens is 1880 g/mol. The topological polar surface area (TPSA) is 0 Å². The van der Waals surface area contributed by atoms with Crippen molar-refractivity contribution >= 4 is 74.1 Å². The Morgan fingerprint density at radius 2 is 0.415 bits per heavy atom. The monoisotopic (exact) mass is 1960 g/mol. The minimum absolute atomic E-state index is 0. The van der Waals surface area contributed by atoms with Crippen LogP contribution in [0.1, 0.15) is 66.8 Å². The Labute approximate surface area is 766 Å².